The van der Waals surface area contributed by atoms with Gasteiger partial charge < -0.3 is 4.74 Å². The summed E-state index contributed by atoms with van der Waals surface area (Å²) in [6.07, 6.45) is 4.25. The number of hydrogen-bond acceptors (Lipinski definition) is 1. The van der Waals surface area contributed by atoms with Crippen LogP contribution < -0.4 is 4.74 Å². The Bertz CT molecular complexity index is 1690. The lowest BCUT2D eigenvalue weighted by Gasteiger charge is -2.28. The van der Waals surface area contributed by atoms with Crippen molar-refractivity contribution in [2.24, 2.45) is 5.92 Å². The lowest BCUT2D eigenvalue weighted by Crippen LogP contribution is -2.25. The minimum atomic E-state index is -4.65. The van der Waals surface area contributed by atoms with E-state index in [9.17, 15) is 35.1 Å². The van der Waals surface area contributed by atoms with Gasteiger partial charge in [0.2, 0.25) is 0 Å². The van der Waals surface area contributed by atoms with Crippen LogP contribution in [0, 0.1) is 46.6 Å². The van der Waals surface area contributed by atoms with E-state index in [1.54, 1.807) is 6.07 Å². The van der Waals surface area contributed by atoms with Gasteiger partial charge in [0.05, 0.1) is 0 Å². The van der Waals surface area contributed by atoms with E-state index >= 15 is 4.39 Å². The molecule has 10 heteroatoms. The van der Waals surface area contributed by atoms with Gasteiger partial charge in [-0.15, -0.1) is 0 Å². The lowest BCUT2D eigenvalue weighted by molar-refractivity contribution is -0.189. The van der Waals surface area contributed by atoms with Crippen LogP contribution in [0.4, 0.5) is 39.5 Å². The zero-order valence-corrected chi connectivity index (χ0v) is 23.9. The minimum Gasteiger partial charge on any atom is -0.429 e. The molecule has 0 bridgehead atoms. The van der Waals surface area contributed by atoms with Crippen molar-refractivity contribution in [3.63, 3.8) is 0 Å². The molecule has 236 valence electrons. The summed E-state index contributed by atoms with van der Waals surface area (Å²) in [6, 6.07) is 8.48. The fourth-order valence-electron chi connectivity index (χ4n) is 5.79. The molecule has 4 aromatic rings. The molecule has 0 spiro atoms. The summed E-state index contributed by atoms with van der Waals surface area (Å²) >= 11 is 0. The second kappa shape index (κ2) is 13.0. The Balaban J connectivity index is 1.34. The molecule has 0 saturated heterocycles. The highest BCUT2D eigenvalue weighted by Crippen LogP contribution is 2.41. The normalized spacial score (nSPS) is 17.2. The lowest BCUT2D eigenvalue weighted by atomic mass is 9.77. The van der Waals surface area contributed by atoms with Gasteiger partial charge in [0.25, 0.3) is 0 Å². The molecular weight excluding hydrogens is 607 g/mol. The highest BCUT2D eigenvalue weighted by atomic mass is 19.3. The summed E-state index contributed by atoms with van der Waals surface area (Å²) in [7, 11) is 0. The van der Waals surface area contributed by atoms with E-state index in [4.69, 9.17) is 0 Å². The average Bonchev–Trinajstić information content (AvgIpc) is 2.98. The molecule has 0 radical (unpaired) electrons. The van der Waals surface area contributed by atoms with Gasteiger partial charge in [-0.05, 0) is 110 Å². The monoisotopic (exact) mass is 634 g/mol. The molecule has 45 heavy (non-hydrogen) atoms. The zero-order chi connectivity index (χ0) is 32.5. The van der Waals surface area contributed by atoms with Gasteiger partial charge in [0.15, 0.2) is 17.5 Å². The van der Waals surface area contributed by atoms with Crippen LogP contribution in [-0.4, -0.2) is 0 Å². The summed E-state index contributed by atoms with van der Waals surface area (Å²) in [5.74, 6) is -10.6. The van der Waals surface area contributed by atoms with Crippen LogP contribution in [-0.2, 0) is 6.11 Å². The third-order valence-corrected chi connectivity index (χ3v) is 8.14. The number of allylic oxidation sites excluding steroid dienone is 2. The number of hydrogen-bond donors (Lipinski definition) is 0. The maximum Gasteiger partial charge on any atom is 0.432 e. The third kappa shape index (κ3) is 6.89. The van der Waals surface area contributed by atoms with Crippen molar-refractivity contribution < 1.29 is 44.3 Å². The minimum absolute atomic E-state index is 0.138. The van der Waals surface area contributed by atoms with Crippen molar-refractivity contribution in [1.82, 2.24) is 0 Å². The van der Waals surface area contributed by atoms with E-state index in [0.29, 0.717) is 36.2 Å². The molecule has 1 aliphatic rings. The molecule has 1 nitrogen and oxygen atoms in total. The molecule has 0 aromatic heterocycles. The van der Waals surface area contributed by atoms with Gasteiger partial charge in [-0.25, -0.2) is 30.7 Å². The zero-order valence-electron chi connectivity index (χ0n) is 23.9. The molecule has 0 heterocycles. The van der Waals surface area contributed by atoms with Crippen molar-refractivity contribution in [3.05, 3.63) is 125 Å². The Morgan fingerprint density at radius 3 is 1.73 bits per heavy atom. The Hall–Kier alpha value is -4.21. The number of rotatable bonds is 8. The molecule has 0 atom stereocenters. The topological polar surface area (TPSA) is 9.23 Å². The number of benzene rings is 4. The highest BCUT2D eigenvalue weighted by Gasteiger charge is 2.41. The smallest absolute Gasteiger partial charge is 0.429 e. The standard InChI is InChI=1S/C35H27F9O/c1-2-3-4-19-5-7-20(8-6-19)21-9-11-25(27(36)13-21)22-14-29(38)33(30(39)15-22)35(43,44)45-24-10-12-26(28(37)18-24)23-16-31(40)34(42)32(41)17-23/h2-3,9-20H,4-8H2,1H3. The highest BCUT2D eigenvalue weighted by molar-refractivity contribution is 5.66. The molecular formula is C35H27F9O. The van der Waals surface area contributed by atoms with Crippen LogP contribution in [0.1, 0.15) is 56.1 Å². The largest absolute Gasteiger partial charge is 0.432 e. The van der Waals surface area contributed by atoms with Gasteiger partial charge in [0, 0.05) is 17.2 Å². The van der Waals surface area contributed by atoms with Crippen molar-refractivity contribution >= 4 is 0 Å². The van der Waals surface area contributed by atoms with Crippen molar-refractivity contribution in [2.45, 2.75) is 51.1 Å². The molecule has 1 aliphatic carbocycles. The maximum atomic E-state index is 15.2. The summed E-state index contributed by atoms with van der Waals surface area (Å²) in [6.45, 7) is 1.97. The van der Waals surface area contributed by atoms with E-state index in [1.165, 1.54) is 12.1 Å². The van der Waals surface area contributed by atoms with E-state index in [2.05, 4.69) is 10.8 Å². The van der Waals surface area contributed by atoms with Gasteiger partial charge >= 0.3 is 6.11 Å². The Kier molecular flexibility index (Phi) is 9.32. The Morgan fingerprint density at radius 2 is 1.20 bits per heavy atom. The number of halogens is 9. The third-order valence-electron chi connectivity index (χ3n) is 8.14. The summed E-state index contributed by atoms with van der Waals surface area (Å²) in [5, 5.41) is 0. The van der Waals surface area contributed by atoms with Crippen LogP contribution in [0.3, 0.4) is 0 Å². The first kappa shape index (κ1) is 32.2. The molecule has 1 saturated carbocycles. The molecule has 4 aromatic carbocycles. The second-order valence-corrected chi connectivity index (χ2v) is 11.1. The molecule has 5 rings (SSSR count). The predicted octanol–water partition coefficient (Wildman–Crippen LogP) is 11.4. The molecule has 0 unspecified atom stereocenters. The van der Waals surface area contributed by atoms with Crippen molar-refractivity contribution in [3.8, 4) is 28.0 Å². The fourth-order valence-corrected chi connectivity index (χ4v) is 5.79. The second-order valence-electron chi connectivity index (χ2n) is 11.1. The van der Waals surface area contributed by atoms with E-state index in [1.807, 2.05) is 13.0 Å². The Labute approximate surface area is 254 Å². The molecule has 1 fully saturated rings. The summed E-state index contributed by atoms with van der Waals surface area (Å²) < 4.78 is 135. The van der Waals surface area contributed by atoms with Gasteiger partial charge in [-0.3, -0.25) is 0 Å². The maximum absolute atomic E-state index is 15.2. The number of alkyl halides is 2. The van der Waals surface area contributed by atoms with Crippen molar-refractivity contribution in [2.75, 3.05) is 0 Å². The molecule has 0 aliphatic heterocycles. The van der Waals surface area contributed by atoms with Gasteiger partial charge in [-0.1, -0.05) is 24.3 Å². The number of ether oxygens (including phenoxy) is 1. The predicted molar refractivity (Wildman–Crippen MR) is 152 cm³/mol. The van der Waals surface area contributed by atoms with Crippen molar-refractivity contribution in [1.29, 1.82) is 0 Å². The van der Waals surface area contributed by atoms with Crippen LogP contribution in [0.25, 0.3) is 22.3 Å². The van der Waals surface area contributed by atoms with Gasteiger partial charge in [0.1, 0.15) is 34.6 Å². The van der Waals surface area contributed by atoms with Gasteiger partial charge in [-0.2, -0.15) is 8.78 Å². The first-order valence-electron chi connectivity index (χ1n) is 14.3. The molecule has 0 N–H and O–H groups in total. The fraction of sp³-hybridized carbons (Fsp3) is 0.257. The van der Waals surface area contributed by atoms with Crippen LogP contribution in [0.5, 0.6) is 5.75 Å². The SMILES string of the molecule is CC=CCC1CCC(c2ccc(-c3cc(F)c(C(F)(F)Oc4ccc(-c5cc(F)c(F)c(F)c5)c(F)c4)c(F)c3)c(F)c2)CC1. The quantitative estimate of drug-likeness (QED) is 0.106. The van der Waals surface area contributed by atoms with E-state index < -0.39 is 69.3 Å². The van der Waals surface area contributed by atoms with E-state index in [-0.39, 0.29) is 17.0 Å². The van der Waals surface area contributed by atoms with Crippen LogP contribution in [0.15, 0.2) is 72.8 Å². The molecule has 0 amide bonds. The van der Waals surface area contributed by atoms with E-state index in [0.717, 1.165) is 49.8 Å². The van der Waals surface area contributed by atoms with Crippen LogP contribution in [0.2, 0.25) is 0 Å². The Morgan fingerprint density at radius 1 is 0.667 bits per heavy atom. The summed E-state index contributed by atoms with van der Waals surface area (Å²) in [5.41, 5.74) is -2.42. The average molecular weight is 635 g/mol. The first-order valence-corrected chi connectivity index (χ1v) is 14.3. The van der Waals surface area contributed by atoms with Crippen LogP contribution >= 0.6 is 0 Å². The summed E-state index contributed by atoms with van der Waals surface area (Å²) in [4.78, 5) is 0. The first-order chi connectivity index (χ1) is 21.4.